The molecule has 102 valence electrons. The SMILES string of the molecule is CN(C)CCCN(CCN)C(=O)OC(C)(C)C. The zero-order valence-electron chi connectivity index (χ0n) is 11.8. The monoisotopic (exact) mass is 245 g/mol. The molecule has 0 aromatic heterocycles. The number of amides is 1. The summed E-state index contributed by atoms with van der Waals surface area (Å²) in [5.41, 5.74) is 5.05. The van der Waals surface area contributed by atoms with E-state index in [0.717, 1.165) is 13.0 Å². The van der Waals surface area contributed by atoms with E-state index in [1.165, 1.54) is 0 Å². The molecule has 5 nitrogen and oxygen atoms in total. The highest BCUT2D eigenvalue weighted by molar-refractivity contribution is 5.68. The molecule has 2 N–H and O–H groups in total. The quantitative estimate of drug-likeness (QED) is 0.762. The van der Waals surface area contributed by atoms with Crippen LogP contribution in [-0.4, -0.2) is 61.8 Å². The number of hydrogen-bond acceptors (Lipinski definition) is 4. The van der Waals surface area contributed by atoms with Crippen LogP contribution in [0.4, 0.5) is 4.79 Å². The summed E-state index contributed by atoms with van der Waals surface area (Å²) in [4.78, 5) is 15.6. The molecule has 5 heteroatoms. The number of nitrogens with zero attached hydrogens (tertiary/aromatic N) is 2. The van der Waals surface area contributed by atoms with Crippen molar-refractivity contribution in [3.8, 4) is 0 Å². The van der Waals surface area contributed by atoms with Gasteiger partial charge in [0.05, 0.1) is 0 Å². The van der Waals surface area contributed by atoms with Gasteiger partial charge >= 0.3 is 6.09 Å². The third-order valence-corrected chi connectivity index (χ3v) is 2.08. The topological polar surface area (TPSA) is 58.8 Å². The Balaban J connectivity index is 4.16. The van der Waals surface area contributed by atoms with Crippen molar-refractivity contribution in [2.45, 2.75) is 32.8 Å². The summed E-state index contributed by atoms with van der Waals surface area (Å²) in [6, 6.07) is 0. The standard InChI is InChI=1S/C12H27N3O2/c1-12(2,3)17-11(16)15(10-7-13)9-6-8-14(4)5/h6-10,13H2,1-5H3. The predicted molar refractivity (Wildman–Crippen MR) is 70.0 cm³/mol. The number of nitrogens with two attached hydrogens (primary N) is 1. The van der Waals surface area contributed by atoms with Crippen molar-refractivity contribution >= 4 is 6.09 Å². The van der Waals surface area contributed by atoms with E-state index in [9.17, 15) is 4.79 Å². The zero-order chi connectivity index (χ0) is 13.5. The van der Waals surface area contributed by atoms with E-state index < -0.39 is 5.60 Å². The summed E-state index contributed by atoms with van der Waals surface area (Å²) in [6.07, 6.45) is 0.647. The molecule has 0 fully saturated rings. The van der Waals surface area contributed by atoms with Gasteiger partial charge in [0.15, 0.2) is 0 Å². The second kappa shape index (κ2) is 7.50. The van der Waals surface area contributed by atoms with Crippen molar-refractivity contribution < 1.29 is 9.53 Å². The van der Waals surface area contributed by atoms with Crippen molar-refractivity contribution in [3.05, 3.63) is 0 Å². The molecule has 0 aliphatic heterocycles. The van der Waals surface area contributed by atoms with E-state index in [0.29, 0.717) is 19.6 Å². The summed E-state index contributed by atoms with van der Waals surface area (Å²) >= 11 is 0. The second-order valence-corrected chi connectivity index (χ2v) is 5.41. The largest absolute Gasteiger partial charge is 0.444 e. The first-order valence-corrected chi connectivity index (χ1v) is 6.09. The van der Waals surface area contributed by atoms with Crippen molar-refractivity contribution in [1.82, 2.24) is 9.80 Å². The molecule has 0 heterocycles. The van der Waals surface area contributed by atoms with Crippen LogP contribution in [0, 0.1) is 0 Å². The molecule has 0 rings (SSSR count). The Labute approximate surface area is 105 Å². The number of carbonyl (C=O) groups is 1. The van der Waals surface area contributed by atoms with Gasteiger partial charge in [0.2, 0.25) is 0 Å². The Morgan fingerprint density at radius 1 is 1.18 bits per heavy atom. The number of rotatable bonds is 6. The van der Waals surface area contributed by atoms with Crippen LogP contribution < -0.4 is 5.73 Å². The maximum absolute atomic E-state index is 11.9. The normalized spacial score (nSPS) is 11.7. The number of hydrogen-bond donors (Lipinski definition) is 1. The molecule has 0 aromatic rings. The van der Waals surface area contributed by atoms with Gasteiger partial charge in [-0.3, -0.25) is 0 Å². The van der Waals surface area contributed by atoms with E-state index in [1.807, 2.05) is 34.9 Å². The highest BCUT2D eigenvalue weighted by Gasteiger charge is 2.21. The molecule has 0 radical (unpaired) electrons. The summed E-state index contributed by atoms with van der Waals surface area (Å²) < 4.78 is 5.33. The van der Waals surface area contributed by atoms with Gasteiger partial charge in [-0.15, -0.1) is 0 Å². The summed E-state index contributed by atoms with van der Waals surface area (Å²) in [5, 5.41) is 0. The molecule has 0 bridgehead atoms. The lowest BCUT2D eigenvalue weighted by molar-refractivity contribution is 0.0250. The van der Waals surface area contributed by atoms with Crippen LogP contribution >= 0.6 is 0 Å². The minimum atomic E-state index is -0.453. The molecule has 0 aromatic carbocycles. The summed E-state index contributed by atoms with van der Waals surface area (Å²) in [5.74, 6) is 0. The molecule has 0 aliphatic carbocycles. The molecule has 1 amide bonds. The second-order valence-electron chi connectivity index (χ2n) is 5.41. The van der Waals surface area contributed by atoms with Gasteiger partial charge in [-0.05, 0) is 47.8 Å². The van der Waals surface area contributed by atoms with E-state index in [1.54, 1.807) is 4.90 Å². The van der Waals surface area contributed by atoms with Crippen LogP contribution in [0.15, 0.2) is 0 Å². The number of carbonyl (C=O) groups excluding carboxylic acids is 1. The van der Waals surface area contributed by atoms with Crippen LogP contribution in [-0.2, 0) is 4.74 Å². The lowest BCUT2D eigenvalue weighted by Gasteiger charge is -2.27. The first-order valence-electron chi connectivity index (χ1n) is 6.09. The third-order valence-electron chi connectivity index (χ3n) is 2.08. The fourth-order valence-electron chi connectivity index (χ4n) is 1.35. The zero-order valence-corrected chi connectivity index (χ0v) is 11.8. The van der Waals surface area contributed by atoms with Gasteiger partial charge in [-0.2, -0.15) is 0 Å². The van der Waals surface area contributed by atoms with E-state index in [4.69, 9.17) is 10.5 Å². The van der Waals surface area contributed by atoms with Crippen LogP contribution in [0.5, 0.6) is 0 Å². The molecule has 0 unspecified atom stereocenters. The van der Waals surface area contributed by atoms with Crippen LogP contribution in [0.1, 0.15) is 27.2 Å². The Hall–Kier alpha value is -0.810. The molecular formula is C12H27N3O2. The fraction of sp³-hybridized carbons (Fsp3) is 0.917. The number of ether oxygens (including phenoxy) is 1. The first kappa shape index (κ1) is 16.2. The van der Waals surface area contributed by atoms with Crippen molar-refractivity contribution in [1.29, 1.82) is 0 Å². The lowest BCUT2D eigenvalue weighted by atomic mass is 10.2. The van der Waals surface area contributed by atoms with Crippen LogP contribution in [0.3, 0.4) is 0 Å². The van der Waals surface area contributed by atoms with Crippen molar-refractivity contribution in [2.75, 3.05) is 40.3 Å². The molecule has 0 saturated heterocycles. The smallest absolute Gasteiger partial charge is 0.410 e. The highest BCUT2D eigenvalue weighted by Crippen LogP contribution is 2.10. The van der Waals surface area contributed by atoms with Gasteiger partial charge in [0.25, 0.3) is 0 Å². The van der Waals surface area contributed by atoms with Crippen molar-refractivity contribution in [2.24, 2.45) is 5.73 Å². The lowest BCUT2D eigenvalue weighted by Crippen LogP contribution is -2.40. The maximum Gasteiger partial charge on any atom is 0.410 e. The van der Waals surface area contributed by atoms with E-state index >= 15 is 0 Å². The molecule has 0 atom stereocenters. The molecule has 17 heavy (non-hydrogen) atoms. The summed E-state index contributed by atoms with van der Waals surface area (Å²) in [7, 11) is 4.03. The average molecular weight is 245 g/mol. The fourth-order valence-corrected chi connectivity index (χ4v) is 1.35. The predicted octanol–water partition coefficient (Wildman–Crippen LogP) is 1.13. The van der Waals surface area contributed by atoms with Gasteiger partial charge in [0.1, 0.15) is 5.60 Å². The Morgan fingerprint density at radius 3 is 2.18 bits per heavy atom. The minimum absolute atomic E-state index is 0.276. The highest BCUT2D eigenvalue weighted by atomic mass is 16.6. The Kier molecular flexibility index (Phi) is 7.15. The maximum atomic E-state index is 11.9. The van der Waals surface area contributed by atoms with Gasteiger partial charge < -0.3 is 20.3 Å². The average Bonchev–Trinajstić information content (AvgIpc) is 2.13. The van der Waals surface area contributed by atoms with E-state index in [2.05, 4.69) is 4.90 Å². The third kappa shape index (κ3) is 8.94. The molecular weight excluding hydrogens is 218 g/mol. The van der Waals surface area contributed by atoms with Crippen LogP contribution in [0.25, 0.3) is 0 Å². The van der Waals surface area contributed by atoms with E-state index in [-0.39, 0.29) is 6.09 Å². The van der Waals surface area contributed by atoms with Gasteiger partial charge in [0, 0.05) is 19.6 Å². The van der Waals surface area contributed by atoms with Crippen molar-refractivity contribution in [3.63, 3.8) is 0 Å². The van der Waals surface area contributed by atoms with Crippen LogP contribution in [0.2, 0.25) is 0 Å². The first-order chi connectivity index (χ1) is 7.76. The Morgan fingerprint density at radius 2 is 1.76 bits per heavy atom. The molecule has 0 spiro atoms. The molecule has 0 aliphatic rings. The van der Waals surface area contributed by atoms with Gasteiger partial charge in [-0.25, -0.2) is 4.79 Å². The molecule has 0 saturated carbocycles. The Bertz CT molecular complexity index is 224. The minimum Gasteiger partial charge on any atom is -0.444 e. The van der Waals surface area contributed by atoms with Gasteiger partial charge in [-0.1, -0.05) is 0 Å². The summed E-state index contributed by atoms with van der Waals surface area (Å²) in [6.45, 7) is 8.24.